The maximum Gasteiger partial charge on any atom is 0.220 e. The normalized spacial score (nSPS) is 9.56. The zero-order valence-electron chi connectivity index (χ0n) is 9.49. The Morgan fingerprint density at radius 3 is 3.00 bits per heavy atom. The molecule has 0 unspecified atom stereocenters. The molecule has 0 atom stereocenters. The van der Waals surface area contributed by atoms with Gasteiger partial charge in [-0.2, -0.15) is 4.98 Å². The fourth-order valence-corrected chi connectivity index (χ4v) is 1.40. The maximum atomic E-state index is 5.28. The van der Waals surface area contributed by atoms with Gasteiger partial charge in [0.2, 0.25) is 5.88 Å². The van der Waals surface area contributed by atoms with Gasteiger partial charge in [0.15, 0.2) is 11.8 Å². The second-order valence-corrected chi connectivity index (χ2v) is 3.77. The summed E-state index contributed by atoms with van der Waals surface area (Å²) in [5.41, 5.74) is 0. The first-order valence-corrected chi connectivity index (χ1v) is 6.25. The molecule has 0 aliphatic carbocycles. The summed E-state index contributed by atoms with van der Waals surface area (Å²) in [5, 5.41) is 3.86. The van der Waals surface area contributed by atoms with Crippen LogP contribution in [0.1, 0.15) is 13.3 Å². The molecule has 1 heterocycles. The van der Waals surface area contributed by atoms with Crippen molar-refractivity contribution in [1.29, 1.82) is 0 Å². The maximum absolute atomic E-state index is 5.28. The molecule has 86 valence electrons. The van der Waals surface area contributed by atoms with Crippen LogP contribution in [0.4, 0.5) is 5.82 Å². The minimum atomic E-state index is 0.220. The summed E-state index contributed by atoms with van der Waals surface area (Å²) >= 11 is 1.47. The van der Waals surface area contributed by atoms with E-state index in [0.29, 0.717) is 11.0 Å². The Kier molecular flexibility index (Phi) is 5.51. The minimum absolute atomic E-state index is 0.220. The van der Waals surface area contributed by atoms with Crippen LogP contribution >= 0.6 is 11.8 Å². The van der Waals surface area contributed by atoms with Crippen molar-refractivity contribution in [3.05, 3.63) is 6.07 Å². The van der Waals surface area contributed by atoms with E-state index in [4.69, 9.17) is 11.2 Å². The van der Waals surface area contributed by atoms with Crippen molar-refractivity contribution in [1.82, 2.24) is 9.97 Å². The van der Waals surface area contributed by atoms with Gasteiger partial charge in [-0.15, -0.1) is 6.42 Å². The van der Waals surface area contributed by atoms with Gasteiger partial charge in [0.1, 0.15) is 5.82 Å². The number of anilines is 1. The van der Waals surface area contributed by atoms with Crippen LogP contribution in [0.2, 0.25) is 0 Å². The average Bonchev–Trinajstić information content (AvgIpc) is 2.33. The number of ether oxygens (including phenoxy) is 1. The van der Waals surface area contributed by atoms with Gasteiger partial charge < -0.3 is 10.1 Å². The van der Waals surface area contributed by atoms with E-state index in [2.05, 4.69) is 28.1 Å². The lowest BCUT2D eigenvalue weighted by molar-refractivity contribution is 0.351. The van der Waals surface area contributed by atoms with Gasteiger partial charge in [-0.3, -0.25) is 0 Å². The summed E-state index contributed by atoms with van der Waals surface area (Å²) in [6, 6.07) is 1.76. The second-order valence-electron chi connectivity index (χ2n) is 3.00. The topological polar surface area (TPSA) is 47.0 Å². The smallest absolute Gasteiger partial charge is 0.220 e. The molecule has 1 N–H and O–H groups in total. The lowest BCUT2D eigenvalue weighted by Gasteiger charge is -2.07. The molecular weight excluding hydrogens is 222 g/mol. The van der Waals surface area contributed by atoms with Crippen LogP contribution in [0.3, 0.4) is 0 Å². The molecule has 16 heavy (non-hydrogen) atoms. The number of hydrogen-bond acceptors (Lipinski definition) is 5. The molecule has 0 saturated heterocycles. The lowest BCUT2D eigenvalue weighted by atomic mass is 10.4. The van der Waals surface area contributed by atoms with Crippen LogP contribution in [0.25, 0.3) is 0 Å². The Hall–Kier alpha value is -1.41. The van der Waals surface area contributed by atoms with Crippen molar-refractivity contribution in [3.8, 4) is 18.2 Å². The van der Waals surface area contributed by atoms with Crippen LogP contribution in [0.5, 0.6) is 5.88 Å². The van der Waals surface area contributed by atoms with E-state index in [-0.39, 0.29) is 6.61 Å². The third-order valence-electron chi connectivity index (χ3n) is 1.72. The Labute approximate surface area is 100 Å². The molecule has 0 amide bonds. The second kappa shape index (κ2) is 6.96. The summed E-state index contributed by atoms with van der Waals surface area (Å²) in [5.74, 6) is 3.69. The lowest BCUT2D eigenvalue weighted by Crippen LogP contribution is -2.05. The van der Waals surface area contributed by atoms with Gasteiger partial charge in [0.05, 0.1) is 0 Å². The highest BCUT2D eigenvalue weighted by Crippen LogP contribution is 2.18. The van der Waals surface area contributed by atoms with Crippen molar-refractivity contribution < 1.29 is 4.74 Å². The summed E-state index contributed by atoms with van der Waals surface area (Å²) < 4.78 is 5.28. The standard InChI is InChI=1S/C11H15N3OS/c1-4-6-12-9-8-10(15-7-5-2)14-11(13-9)16-3/h2,8H,4,6-7H2,1,3H3,(H,12,13,14). The fraction of sp³-hybridized carbons (Fsp3) is 0.455. The third-order valence-corrected chi connectivity index (χ3v) is 2.27. The van der Waals surface area contributed by atoms with Gasteiger partial charge in [-0.1, -0.05) is 24.6 Å². The fourth-order valence-electron chi connectivity index (χ4n) is 1.03. The first kappa shape index (κ1) is 12.7. The SMILES string of the molecule is C#CCOc1cc(NCCC)nc(SC)n1. The molecule has 0 fully saturated rings. The minimum Gasteiger partial charge on any atom is -0.464 e. The summed E-state index contributed by atoms with van der Waals surface area (Å²) in [6.07, 6.45) is 8.09. The predicted molar refractivity (Wildman–Crippen MR) is 66.9 cm³/mol. The molecule has 0 bridgehead atoms. The van der Waals surface area contributed by atoms with Gasteiger partial charge in [0, 0.05) is 12.6 Å². The molecule has 0 saturated carbocycles. The summed E-state index contributed by atoms with van der Waals surface area (Å²) in [4.78, 5) is 8.50. The van der Waals surface area contributed by atoms with E-state index >= 15 is 0 Å². The van der Waals surface area contributed by atoms with Crippen molar-refractivity contribution in [2.75, 3.05) is 24.7 Å². The van der Waals surface area contributed by atoms with E-state index in [9.17, 15) is 0 Å². The Balaban J connectivity index is 2.79. The van der Waals surface area contributed by atoms with E-state index in [1.165, 1.54) is 11.8 Å². The van der Waals surface area contributed by atoms with Crippen LogP contribution in [-0.2, 0) is 0 Å². The molecule has 0 aliphatic heterocycles. The quantitative estimate of drug-likeness (QED) is 0.466. The molecule has 1 aromatic heterocycles. The average molecular weight is 237 g/mol. The van der Waals surface area contributed by atoms with Crippen molar-refractivity contribution in [2.45, 2.75) is 18.5 Å². The van der Waals surface area contributed by atoms with Gasteiger partial charge in [-0.05, 0) is 12.7 Å². The largest absolute Gasteiger partial charge is 0.464 e. The van der Waals surface area contributed by atoms with E-state index in [0.717, 1.165) is 18.8 Å². The molecule has 0 radical (unpaired) electrons. The first-order valence-electron chi connectivity index (χ1n) is 5.03. The van der Waals surface area contributed by atoms with Crippen LogP contribution in [-0.4, -0.2) is 29.4 Å². The van der Waals surface area contributed by atoms with E-state index < -0.39 is 0 Å². The molecule has 1 rings (SSSR count). The number of thioether (sulfide) groups is 1. The zero-order chi connectivity index (χ0) is 11.8. The predicted octanol–water partition coefficient (Wildman–Crippen LogP) is 2.03. The number of hydrogen-bond donors (Lipinski definition) is 1. The zero-order valence-corrected chi connectivity index (χ0v) is 10.3. The highest BCUT2D eigenvalue weighted by atomic mass is 32.2. The molecule has 4 nitrogen and oxygen atoms in total. The van der Waals surface area contributed by atoms with Gasteiger partial charge in [-0.25, -0.2) is 4.98 Å². The molecular formula is C11H15N3OS. The Morgan fingerprint density at radius 1 is 1.56 bits per heavy atom. The van der Waals surface area contributed by atoms with E-state index in [1.54, 1.807) is 6.07 Å². The third kappa shape index (κ3) is 3.99. The number of aromatic nitrogens is 2. The van der Waals surface area contributed by atoms with Gasteiger partial charge >= 0.3 is 0 Å². The van der Waals surface area contributed by atoms with Gasteiger partial charge in [0.25, 0.3) is 0 Å². The van der Waals surface area contributed by atoms with Crippen LogP contribution < -0.4 is 10.1 Å². The van der Waals surface area contributed by atoms with Crippen molar-refractivity contribution in [3.63, 3.8) is 0 Å². The van der Waals surface area contributed by atoms with Crippen LogP contribution in [0.15, 0.2) is 11.2 Å². The number of nitrogens with one attached hydrogen (secondary N) is 1. The molecule has 1 aromatic rings. The monoisotopic (exact) mass is 237 g/mol. The molecule has 5 heteroatoms. The number of rotatable bonds is 6. The molecule has 0 aliphatic rings. The number of nitrogens with zero attached hydrogens (tertiary/aromatic N) is 2. The first-order chi connectivity index (χ1) is 7.80. The number of terminal acetylenes is 1. The van der Waals surface area contributed by atoms with Crippen LogP contribution in [0, 0.1) is 12.3 Å². The Morgan fingerprint density at radius 2 is 2.38 bits per heavy atom. The van der Waals surface area contributed by atoms with Crippen molar-refractivity contribution >= 4 is 17.6 Å². The van der Waals surface area contributed by atoms with Crippen molar-refractivity contribution in [2.24, 2.45) is 0 Å². The molecule has 0 spiro atoms. The summed E-state index contributed by atoms with van der Waals surface area (Å²) in [7, 11) is 0. The summed E-state index contributed by atoms with van der Waals surface area (Å²) in [6.45, 7) is 3.19. The van der Waals surface area contributed by atoms with E-state index in [1.807, 2.05) is 6.26 Å². The highest BCUT2D eigenvalue weighted by molar-refractivity contribution is 7.98. The Bertz CT molecular complexity index is 376. The molecule has 0 aromatic carbocycles. The highest BCUT2D eigenvalue weighted by Gasteiger charge is 2.04.